The van der Waals surface area contributed by atoms with Crippen molar-refractivity contribution in [3.63, 3.8) is 0 Å². The van der Waals surface area contributed by atoms with Crippen LogP contribution in [0.1, 0.15) is 26.3 Å². The van der Waals surface area contributed by atoms with Gasteiger partial charge in [0.2, 0.25) is 10.0 Å². The number of benzene rings is 1. The Labute approximate surface area is 120 Å². The fraction of sp³-hybridized carbons (Fsp3) is 0.429. The molecule has 20 heavy (non-hydrogen) atoms. The van der Waals surface area contributed by atoms with Crippen molar-refractivity contribution in [2.24, 2.45) is 5.73 Å². The Morgan fingerprint density at radius 3 is 2.45 bits per heavy atom. The summed E-state index contributed by atoms with van der Waals surface area (Å²) in [6.07, 6.45) is 1.50. The molecule has 0 aliphatic carbocycles. The van der Waals surface area contributed by atoms with Gasteiger partial charge in [-0.25, -0.2) is 12.8 Å². The summed E-state index contributed by atoms with van der Waals surface area (Å²) >= 11 is 0. The molecule has 6 heteroatoms. The molecule has 1 aromatic carbocycles. The number of hydrogen-bond donors (Lipinski definition) is 1. The Balaban J connectivity index is 3.48. The van der Waals surface area contributed by atoms with E-state index >= 15 is 0 Å². The Morgan fingerprint density at radius 1 is 1.40 bits per heavy atom. The third kappa shape index (κ3) is 3.45. The topological polar surface area (TPSA) is 63.4 Å². The van der Waals surface area contributed by atoms with Crippen LogP contribution in [0.25, 0.3) is 0 Å². The van der Waals surface area contributed by atoms with Crippen LogP contribution in [0.5, 0.6) is 0 Å². The van der Waals surface area contributed by atoms with E-state index in [1.54, 1.807) is 20.8 Å². The number of nitrogens with zero attached hydrogens (tertiary/aromatic N) is 1. The second kappa shape index (κ2) is 6.03. The van der Waals surface area contributed by atoms with E-state index in [0.29, 0.717) is 5.56 Å². The summed E-state index contributed by atoms with van der Waals surface area (Å²) in [5.74, 6) is -0.603. The van der Waals surface area contributed by atoms with Crippen molar-refractivity contribution in [1.82, 2.24) is 4.31 Å². The van der Waals surface area contributed by atoms with Gasteiger partial charge < -0.3 is 5.73 Å². The number of rotatable bonds is 5. The molecule has 112 valence electrons. The van der Waals surface area contributed by atoms with Crippen molar-refractivity contribution < 1.29 is 12.8 Å². The first-order valence-corrected chi connectivity index (χ1v) is 7.71. The maximum atomic E-state index is 13.4. The van der Waals surface area contributed by atoms with Crippen LogP contribution in [0.2, 0.25) is 0 Å². The zero-order valence-corrected chi connectivity index (χ0v) is 12.9. The van der Waals surface area contributed by atoms with Gasteiger partial charge in [-0.2, -0.15) is 4.31 Å². The standard InChI is InChI=1S/C14H21FN2O2S/c1-5-8-17(14(2,3)4)20(18,19)13-9-12(15)7-6-11(13)10-16/h5-7,9H,1,8,10,16H2,2-4H3. The molecule has 0 spiro atoms. The van der Waals surface area contributed by atoms with E-state index in [-0.39, 0.29) is 18.0 Å². The molecule has 0 amide bonds. The minimum atomic E-state index is -3.84. The van der Waals surface area contributed by atoms with E-state index < -0.39 is 21.4 Å². The van der Waals surface area contributed by atoms with Crippen LogP contribution < -0.4 is 5.73 Å². The molecule has 0 bridgehead atoms. The van der Waals surface area contributed by atoms with Gasteiger partial charge >= 0.3 is 0 Å². The number of halogens is 1. The average Bonchev–Trinajstić information content (AvgIpc) is 2.34. The maximum absolute atomic E-state index is 13.4. The number of nitrogens with two attached hydrogens (primary N) is 1. The van der Waals surface area contributed by atoms with E-state index in [2.05, 4.69) is 6.58 Å². The van der Waals surface area contributed by atoms with E-state index in [1.165, 1.54) is 22.5 Å². The quantitative estimate of drug-likeness (QED) is 0.848. The highest BCUT2D eigenvalue weighted by molar-refractivity contribution is 7.89. The lowest BCUT2D eigenvalue weighted by Gasteiger charge is -2.34. The number of sulfonamides is 1. The second-order valence-electron chi connectivity index (χ2n) is 5.45. The molecule has 0 aliphatic heterocycles. The molecule has 0 aliphatic rings. The predicted octanol–water partition coefficient (Wildman–Crippen LogP) is 2.26. The fourth-order valence-electron chi connectivity index (χ4n) is 1.91. The lowest BCUT2D eigenvalue weighted by molar-refractivity contribution is 0.269. The molecule has 0 saturated carbocycles. The summed E-state index contributed by atoms with van der Waals surface area (Å²) in [5, 5.41) is 0. The van der Waals surface area contributed by atoms with Crippen LogP contribution in [0.4, 0.5) is 4.39 Å². The highest BCUT2D eigenvalue weighted by atomic mass is 32.2. The minimum Gasteiger partial charge on any atom is -0.326 e. The molecule has 0 unspecified atom stereocenters. The molecule has 0 radical (unpaired) electrons. The summed E-state index contributed by atoms with van der Waals surface area (Å²) in [6, 6.07) is 3.62. The summed E-state index contributed by atoms with van der Waals surface area (Å²) < 4.78 is 40.2. The van der Waals surface area contributed by atoms with Gasteiger partial charge in [0.25, 0.3) is 0 Å². The van der Waals surface area contributed by atoms with Crippen molar-refractivity contribution in [2.45, 2.75) is 37.8 Å². The molecule has 1 aromatic rings. The van der Waals surface area contributed by atoms with E-state index in [1.807, 2.05) is 0 Å². The first kappa shape index (κ1) is 16.8. The van der Waals surface area contributed by atoms with Gasteiger partial charge in [0.15, 0.2) is 0 Å². The SMILES string of the molecule is C=CCN(C(C)(C)C)S(=O)(=O)c1cc(F)ccc1CN. The summed E-state index contributed by atoms with van der Waals surface area (Å²) in [4.78, 5) is -0.0863. The van der Waals surface area contributed by atoms with Gasteiger partial charge in [-0.05, 0) is 38.5 Å². The fourth-order valence-corrected chi connectivity index (χ4v) is 3.91. The monoisotopic (exact) mass is 300 g/mol. The molecule has 0 atom stereocenters. The Bertz CT molecular complexity index is 592. The summed E-state index contributed by atoms with van der Waals surface area (Å²) in [7, 11) is -3.84. The van der Waals surface area contributed by atoms with E-state index in [4.69, 9.17) is 5.73 Å². The zero-order chi connectivity index (χ0) is 15.6. The first-order chi connectivity index (χ1) is 9.14. The van der Waals surface area contributed by atoms with Gasteiger partial charge in [-0.15, -0.1) is 6.58 Å². The lowest BCUT2D eigenvalue weighted by Crippen LogP contribution is -2.45. The van der Waals surface area contributed by atoms with Crippen molar-refractivity contribution in [1.29, 1.82) is 0 Å². The molecule has 0 aromatic heterocycles. The third-order valence-corrected chi connectivity index (χ3v) is 5.07. The Kier molecular flexibility index (Phi) is 5.07. The van der Waals surface area contributed by atoms with Gasteiger partial charge in [0.05, 0.1) is 4.90 Å². The van der Waals surface area contributed by atoms with Crippen molar-refractivity contribution in [3.8, 4) is 0 Å². The average molecular weight is 300 g/mol. The molecule has 0 heterocycles. The third-order valence-electron chi connectivity index (χ3n) is 2.86. The van der Waals surface area contributed by atoms with Crippen LogP contribution >= 0.6 is 0 Å². The Hall–Kier alpha value is -1.24. The van der Waals surface area contributed by atoms with Gasteiger partial charge in [-0.1, -0.05) is 12.1 Å². The van der Waals surface area contributed by atoms with Crippen LogP contribution in [0.15, 0.2) is 35.7 Å². The van der Waals surface area contributed by atoms with Crippen molar-refractivity contribution in [2.75, 3.05) is 6.54 Å². The highest BCUT2D eigenvalue weighted by Gasteiger charge is 2.34. The van der Waals surface area contributed by atoms with Gasteiger partial charge in [0.1, 0.15) is 5.82 Å². The van der Waals surface area contributed by atoms with Gasteiger partial charge in [0, 0.05) is 18.6 Å². The largest absolute Gasteiger partial charge is 0.326 e. The summed E-state index contributed by atoms with van der Waals surface area (Å²) in [5.41, 5.74) is 5.30. The molecule has 4 nitrogen and oxygen atoms in total. The maximum Gasteiger partial charge on any atom is 0.244 e. The van der Waals surface area contributed by atoms with Crippen LogP contribution in [0, 0.1) is 5.82 Å². The van der Waals surface area contributed by atoms with Crippen molar-refractivity contribution in [3.05, 3.63) is 42.2 Å². The van der Waals surface area contributed by atoms with Crippen LogP contribution in [0.3, 0.4) is 0 Å². The molecule has 2 N–H and O–H groups in total. The predicted molar refractivity (Wildman–Crippen MR) is 78.1 cm³/mol. The summed E-state index contributed by atoms with van der Waals surface area (Å²) in [6.45, 7) is 9.07. The molecule has 0 fully saturated rings. The normalized spacial score (nSPS) is 12.7. The zero-order valence-electron chi connectivity index (χ0n) is 12.1. The molecule has 0 saturated heterocycles. The first-order valence-electron chi connectivity index (χ1n) is 6.27. The molecular formula is C14H21FN2O2S. The van der Waals surface area contributed by atoms with Crippen LogP contribution in [-0.2, 0) is 16.6 Å². The molecular weight excluding hydrogens is 279 g/mol. The van der Waals surface area contributed by atoms with Crippen molar-refractivity contribution >= 4 is 10.0 Å². The van der Waals surface area contributed by atoms with E-state index in [0.717, 1.165) is 6.07 Å². The van der Waals surface area contributed by atoms with Gasteiger partial charge in [-0.3, -0.25) is 0 Å². The van der Waals surface area contributed by atoms with E-state index in [9.17, 15) is 12.8 Å². The second-order valence-corrected chi connectivity index (χ2v) is 7.28. The lowest BCUT2D eigenvalue weighted by atomic mass is 10.1. The van der Waals surface area contributed by atoms with Crippen LogP contribution in [-0.4, -0.2) is 24.8 Å². The smallest absolute Gasteiger partial charge is 0.244 e. The molecule has 1 rings (SSSR count). The number of hydrogen-bond acceptors (Lipinski definition) is 3. The highest BCUT2D eigenvalue weighted by Crippen LogP contribution is 2.27. The Morgan fingerprint density at radius 2 is 2.00 bits per heavy atom. The minimum absolute atomic E-state index is 0.0287.